The first kappa shape index (κ1) is 17.8. The van der Waals surface area contributed by atoms with Gasteiger partial charge in [0.05, 0.1) is 7.11 Å². The molecule has 0 saturated carbocycles. The average Bonchev–Trinajstić information content (AvgIpc) is 2.33. The first-order valence-corrected chi connectivity index (χ1v) is 7.28. The van der Waals surface area contributed by atoms with Gasteiger partial charge in [-0.2, -0.15) is 0 Å². The molecule has 1 saturated heterocycles. The Balaban J connectivity index is 2.94. The summed E-state index contributed by atoms with van der Waals surface area (Å²) in [5.74, 6) is -0.226. The summed E-state index contributed by atoms with van der Waals surface area (Å²) in [5, 5.41) is 1.17. The lowest BCUT2D eigenvalue weighted by Crippen LogP contribution is -2.56. The highest BCUT2D eigenvalue weighted by Crippen LogP contribution is 2.35. The number of piperidine rings is 1. The van der Waals surface area contributed by atoms with E-state index < -0.39 is 17.7 Å². The van der Waals surface area contributed by atoms with Crippen LogP contribution in [0.5, 0.6) is 0 Å². The quantitative estimate of drug-likeness (QED) is 0.735. The standard InChI is InChI=1S/C15H28N2O4/c1-14(2,3)21-13(19)17-9-8-15(4,5)10-11(17)12(18)16(6)20-7/h11H,8-10H2,1-7H3. The van der Waals surface area contributed by atoms with Gasteiger partial charge in [-0.05, 0) is 39.0 Å². The molecule has 122 valence electrons. The molecule has 1 atom stereocenters. The topological polar surface area (TPSA) is 59.1 Å². The lowest BCUT2D eigenvalue weighted by molar-refractivity contribution is -0.177. The van der Waals surface area contributed by atoms with Gasteiger partial charge in [-0.1, -0.05) is 13.8 Å². The number of carbonyl (C=O) groups excluding carboxylic acids is 2. The second kappa shape index (κ2) is 6.22. The molecule has 0 N–H and O–H groups in total. The predicted molar refractivity (Wildman–Crippen MR) is 79.5 cm³/mol. The van der Waals surface area contributed by atoms with E-state index in [1.165, 1.54) is 17.1 Å². The van der Waals surface area contributed by atoms with Gasteiger partial charge >= 0.3 is 6.09 Å². The van der Waals surface area contributed by atoms with Gasteiger partial charge in [0.2, 0.25) is 0 Å². The number of hydrogen-bond acceptors (Lipinski definition) is 4. The van der Waals surface area contributed by atoms with E-state index in [9.17, 15) is 9.59 Å². The predicted octanol–water partition coefficient (Wildman–Crippen LogP) is 2.43. The number of ether oxygens (including phenoxy) is 1. The van der Waals surface area contributed by atoms with Gasteiger partial charge in [-0.3, -0.25) is 14.5 Å². The Morgan fingerprint density at radius 1 is 1.29 bits per heavy atom. The number of likely N-dealkylation sites (tertiary alicyclic amines) is 1. The number of likely N-dealkylation sites (N-methyl/N-ethyl adjacent to an activating group) is 1. The second-order valence-corrected chi connectivity index (χ2v) is 7.33. The lowest BCUT2D eigenvalue weighted by atomic mass is 9.78. The van der Waals surface area contributed by atoms with Crippen molar-refractivity contribution in [3.63, 3.8) is 0 Å². The van der Waals surface area contributed by atoms with Gasteiger partial charge in [-0.15, -0.1) is 0 Å². The molecular formula is C15H28N2O4. The third kappa shape index (κ3) is 4.88. The van der Waals surface area contributed by atoms with E-state index in [2.05, 4.69) is 13.8 Å². The number of amides is 2. The summed E-state index contributed by atoms with van der Waals surface area (Å²) in [6.45, 7) is 10.2. The molecule has 0 radical (unpaired) electrons. The Bertz CT molecular complexity index is 401. The van der Waals surface area contributed by atoms with Crippen molar-refractivity contribution in [1.29, 1.82) is 0 Å². The van der Waals surface area contributed by atoms with Gasteiger partial charge in [0.15, 0.2) is 0 Å². The summed E-state index contributed by atoms with van der Waals surface area (Å²) in [4.78, 5) is 31.3. The molecule has 0 aromatic rings. The molecule has 2 amide bonds. The minimum atomic E-state index is -0.579. The highest BCUT2D eigenvalue weighted by Gasteiger charge is 2.42. The monoisotopic (exact) mass is 300 g/mol. The fourth-order valence-corrected chi connectivity index (χ4v) is 2.37. The van der Waals surface area contributed by atoms with Gasteiger partial charge < -0.3 is 4.74 Å². The van der Waals surface area contributed by atoms with Crippen LogP contribution in [0.3, 0.4) is 0 Å². The lowest BCUT2D eigenvalue weighted by Gasteiger charge is -2.43. The zero-order chi connectivity index (χ0) is 16.4. The van der Waals surface area contributed by atoms with E-state index in [1.807, 2.05) is 20.8 Å². The van der Waals surface area contributed by atoms with E-state index in [4.69, 9.17) is 9.57 Å². The third-order valence-electron chi connectivity index (χ3n) is 3.65. The summed E-state index contributed by atoms with van der Waals surface area (Å²) in [6.07, 6.45) is 0.992. The highest BCUT2D eigenvalue weighted by atomic mass is 16.7. The Labute approximate surface area is 127 Å². The van der Waals surface area contributed by atoms with Crippen LogP contribution in [0.25, 0.3) is 0 Å². The molecule has 6 heteroatoms. The number of hydrogen-bond donors (Lipinski definition) is 0. The number of nitrogens with zero attached hydrogens (tertiary/aromatic N) is 2. The molecule has 0 aromatic heterocycles. The molecule has 1 unspecified atom stereocenters. The van der Waals surface area contributed by atoms with Crippen molar-refractivity contribution in [2.75, 3.05) is 20.7 Å². The van der Waals surface area contributed by atoms with Crippen molar-refractivity contribution >= 4 is 12.0 Å². The summed E-state index contributed by atoms with van der Waals surface area (Å²) < 4.78 is 5.41. The molecule has 0 aliphatic carbocycles. The zero-order valence-electron chi connectivity index (χ0n) is 14.2. The van der Waals surface area contributed by atoms with Crippen molar-refractivity contribution in [2.45, 2.75) is 59.1 Å². The molecule has 0 aromatic carbocycles. The molecule has 21 heavy (non-hydrogen) atoms. The van der Waals surface area contributed by atoms with Crippen LogP contribution in [0.2, 0.25) is 0 Å². The van der Waals surface area contributed by atoms with E-state index in [0.29, 0.717) is 13.0 Å². The summed E-state index contributed by atoms with van der Waals surface area (Å²) in [7, 11) is 2.99. The van der Waals surface area contributed by atoms with E-state index in [1.54, 1.807) is 7.05 Å². The molecule has 0 bridgehead atoms. The Morgan fingerprint density at radius 2 is 1.86 bits per heavy atom. The van der Waals surface area contributed by atoms with Crippen LogP contribution in [-0.4, -0.2) is 54.3 Å². The maximum atomic E-state index is 12.4. The SMILES string of the molecule is CON(C)C(=O)C1CC(C)(C)CCN1C(=O)OC(C)(C)C. The number of carbonyl (C=O) groups is 2. The molecule has 1 aliphatic heterocycles. The number of hydroxylamine groups is 2. The second-order valence-electron chi connectivity index (χ2n) is 7.33. The van der Waals surface area contributed by atoms with Crippen LogP contribution < -0.4 is 0 Å². The maximum Gasteiger partial charge on any atom is 0.410 e. The first-order chi connectivity index (χ1) is 9.47. The van der Waals surface area contributed by atoms with Crippen molar-refractivity contribution in [3.8, 4) is 0 Å². The van der Waals surface area contributed by atoms with Gasteiger partial charge in [0, 0.05) is 13.6 Å². The van der Waals surface area contributed by atoms with Crippen molar-refractivity contribution < 1.29 is 19.2 Å². The van der Waals surface area contributed by atoms with Crippen molar-refractivity contribution in [3.05, 3.63) is 0 Å². The van der Waals surface area contributed by atoms with Crippen LogP contribution in [-0.2, 0) is 14.4 Å². The third-order valence-corrected chi connectivity index (χ3v) is 3.65. The van der Waals surface area contributed by atoms with Gasteiger partial charge in [-0.25, -0.2) is 9.86 Å². The molecule has 1 heterocycles. The largest absolute Gasteiger partial charge is 0.444 e. The molecule has 0 spiro atoms. The minimum absolute atomic E-state index is 0.00736. The Kier molecular flexibility index (Phi) is 5.25. The highest BCUT2D eigenvalue weighted by molar-refractivity contribution is 5.85. The van der Waals surface area contributed by atoms with Crippen molar-refractivity contribution in [2.24, 2.45) is 5.41 Å². The zero-order valence-corrected chi connectivity index (χ0v) is 14.2. The molecule has 1 aliphatic rings. The minimum Gasteiger partial charge on any atom is -0.444 e. The van der Waals surface area contributed by atoms with E-state index in [0.717, 1.165) is 6.42 Å². The van der Waals surface area contributed by atoms with Crippen LogP contribution in [0, 0.1) is 5.41 Å². The van der Waals surface area contributed by atoms with Crippen LogP contribution in [0.1, 0.15) is 47.5 Å². The smallest absolute Gasteiger partial charge is 0.410 e. The normalized spacial score (nSPS) is 21.9. The van der Waals surface area contributed by atoms with Crippen LogP contribution in [0.15, 0.2) is 0 Å². The van der Waals surface area contributed by atoms with Gasteiger partial charge in [0.25, 0.3) is 5.91 Å². The van der Waals surface area contributed by atoms with Crippen molar-refractivity contribution in [1.82, 2.24) is 9.96 Å². The van der Waals surface area contributed by atoms with E-state index in [-0.39, 0.29) is 11.3 Å². The van der Waals surface area contributed by atoms with Gasteiger partial charge in [0.1, 0.15) is 11.6 Å². The van der Waals surface area contributed by atoms with Crippen LogP contribution in [0.4, 0.5) is 4.79 Å². The average molecular weight is 300 g/mol. The van der Waals surface area contributed by atoms with Crippen LogP contribution >= 0.6 is 0 Å². The summed E-state index contributed by atoms with van der Waals surface area (Å²) >= 11 is 0. The molecular weight excluding hydrogens is 272 g/mol. The number of rotatable bonds is 2. The maximum absolute atomic E-state index is 12.4. The summed E-state index contributed by atoms with van der Waals surface area (Å²) in [6, 6.07) is -0.548. The molecule has 6 nitrogen and oxygen atoms in total. The Morgan fingerprint density at radius 3 is 2.33 bits per heavy atom. The summed E-state index contributed by atoms with van der Waals surface area (Å²) in [5.41, 5.74) is -0.571. The molecule has 1 rings (SSSR count). The molecule has 1 fully saturated rings. The fourth-order valence-electron chi connectivity index (χ4n) is 2.37. The fraction of sp³-hybridized carbons (Fsp3) is 0.867. The van der Waals surface area contributed by atoms with E-state index >= 15 is 0 Å². The first-order valence-electron chi connectivity index (χ1n) is 7.28. The Hall–Kier alpha value is -1.30.